The van der Waals surface area contributed by atoms with Crippen molar-refractivity contribution >= 4 is 24.0 Å². The molecular weight excluding hydrogens is 380 g/mol. The summed E-state index contributed by atoms with van der Waals surface area (Å²) in [6.07, 6.45) is 0. The van der Waals surface area contributed by atoms with Gasteiger partial charge in [-0.05, 0) is 41.1 Å². The van der Waals surface area contributed by atoms with Gasteiger partial charge in [-0.2, -0.15) is 4.68 Å². The van der Waals surface area contributed by atoms with E-state index in [9.17, 15) is 4.79 Å². The first kappa shape index (κ1) is 21.3. The van der Waals surface area contributed by atoms with Crippen LogP contribution in [0.5, 0.6) is 5.75 Å². The van der Waals surface area contributed by atoms with E-state index >= 15 is 0 Å². The molecule has 0 spiro atoms. The molecule has 0 saturated carbocycles. The number of halogens is 1. The summed E-state index contributed by atoms with van der Waals surface area (Å²) in [6, 6.07) is 14.5. The van der Waals surface area contributed by atoms with E-state index in [1.54, 1.807) is 36.9 Å². The second-order valence-corrected chi connectivity index (χ2v) is 6.24. The van der Waals surface area contributed by atoms with Crippen LogP contribution in [0, 0.1) is 12.8 Å². The lowest BCUT2D eigenvalue weighted by molar-refractivity contribution is -0.120. The van der Waals surface area contributed by atoms with Gasteiger partial charge >= 0.3 is 0 Å². The number of aromatic nitrogens is 4. The number of tetrazole rings is 1. The van der Waals surface area contributed by atoms with Crippen molar-refractivity contribution in [3.63, 3.8) is 0 Å². The summed E-state index contributed by atoms with van der Waals surface area (Å²) in [6.45, 7) is 3.59. The van der Waals surface area contributed by atoms with Crippen molar-refractivity contribution in [1.29, 1.82) is 0 Å². The molecule has 8 nitrogen and oxygen atoms in total. The molecule has 148 valence electrons. The Morgan fingerprint density at radius 1 is 1.21 bits per heavy atom. The molecule has 1 heterocycles. The Balaban J connectivity index is 0.00000280. The van der Waals surface area contributed by atoms with E-state index in [0.717, 1.165) is 5.56 Å². The van der Waals surface area contributed by atoms with Crippen LogP contribution in [0.4, 0.5) is 5.69 Å². The molecule has 0 aliphatic rings. The van der Waals surface area contributed by atoms with Gasteiger partial charge in [-0.3, -0.25) is 4.79 Å². The molecule has 0 bridgehead atoms. The van der Waals surface area contributed by atoms with E-state index in [0.29, 0.717) is 22.9 Å². The van der Waals surface area contributed by atoms with Gasteiger partial charge in [0.25, 0.3) is 0 Å². The second kappa shape index (κ2) is 9.29. The summed E-state index contributed by atoms with van der Waals surface area (Å²) in [5.74, 6) is 0.623. The molecular formula is C19H23ClN6O2. The van der Waals surface area contributed by atoms with E-state index < -0.39 is 12.0 Å². The number of carbonyl (C=O) groups is 1. The lowest BCUT2D eigenvalue weighted by Gasteiger charge is -2.20. The minimum atomic E-state index is -0.410. The van der Waals surface area contributed by atoms with Crippen LogP contribution in [-0.2, 0) is 4.79 Å². The van der Waals surface area contributed by atoms with Crippen LogP contribution >= 0.6 is 12.4 Å². The molecule has 0 fully saturated rings. The summed E-state index contributed by atoms with van der Waals surface area (Å²) < 4.78 is 6.93. The van der Waals surface area contributed by atoms with Crippen molar-refractivity contribution in [2.45, 2.75) is 19.9 Å². The Bertz CT molecular complexity index is 931. The average Bonchev–Trinajstić information content (AvgIpc) is 3.13. The number of aryl methyl sites for hydroxylation is 1. The summed E-state index contributed by atoms with van der Waals surface area (Å²) >= 11 is 0. The van der Waals surface area contributed by atoms with Gasteiger partial charge in [0, 0.05) is 11.7 Å². The first-order valence-electron chi connectivity index (χ1n) is 8.56. The van der Waals surface area contributed by atoms with Crippen LogP contribution in [0.25, 0.3) is 5.69 Å². The molecule has 9 heteroatoms. The highest BCUT2D eigenvalue weighted by atomic mass is 35.5. The number of hydrogen-bond acceptors (Lipinski definition) is 6. The molecule has 1 amide bonds. The average molecular weight is 403 g/mol. The van der Waals surface area contributed by atoms with Gasteiger partial charge in [0.15, 0.2) is 5.82 Å². The number of benzene rings is 2. The zero-order chi connectivity index (χ0) is 19.4. The van der Waals surface area contributed by atoms with Crippen molar-refractivity contribution < 1.29 is 9.53 Å². The topological polar surface area (TPSA) is 108 Å². The molecule has 3 rings (SSSR count). The fraction of sp³-hybridized carbons (Fsp3) is 0.263. The van der Waals surface area contributed by atoms with Crippen LogP contribution in [-0.4, -0.2) is 33.2 Å². The fourth-order valence-corrected chi connectivity index (χ4v) is 2.77. The van der Waals surface area contributed by atoms with Crippen LogP contribution in [0.15, 0.2) is 48.5 Å². The SMILES string of the molecule is COc1ccc(NC(=O)C(C)C(N)c2ccccc2)cc1-n1nnnc1C.Cl. The maximum Gasteiger partial charge on any atom is 0.229 e. The number of anilines is 1. The number of nitrogens with one attached hydrogen (secondary N) is 1. The number of hydrogen-bond donors (Lipinski definition) is 2. The molecule has 3 N–H and O–H groups in total. The Labute approximate surface area is 169 Å². The minimum absolute atomic E-state index is 0. The van der Waals surface area contributed by atoms with E-state index in [1.165, 1.54) is 0 Å². The summed E-state index contributed by atoms with van der Waals surface area (Å²) in [5, 5.41) is 14.4. The number of methoxy groups -OCH3 is 1. The number of carbonyl (C=O) groups excluding carboxylic acids is 1. The number of amides is 1. The van der Waals surface area contributed by atoms with Crippen LogP contribution < -0.4 is 15.8 Å². The van der Waals surface area contributed by atoms with Crippen LogP contribution in [0.3, 0.4) is 0 Å². The zero-order valence-electron chi connectivity index (χ0n) is 15.9. The van der Waals surface area contributed by atoms with Gasteiger partial charge in [-0.25, -0.2) is 0 Å². The monoisotopic (exact) mass is 402 g/mol. The first-order valence-corrected chi connectivity index (χ1v) is 8.56. The smallest absolute Gasteiger partial charge is 0.229 e. The lowest BCUT2D eigenvalue weighted by atomic mass is 9.94. The molecule has 2 aromatic carbocycles. The number of ether oxygens (including phenoxy) is 1. The van der Waals surface area contributed by atoms with Crippen LogP contribution in [0.2, 0.25) is 0 Å². The second-order valence-electron chi connectivity index (χ2n) is 6.24. The van der Waals surface area contributed by atoms with Gasteiger partial charge in [0.05, 0.1) is 13.0 Å². The highest BCUT2D eigenvalue weighted by Crippen LogP contribution is 2.27. The summed E-state index contributed by atoms with van der Waals surface area (Å²) in [4.78, 5) is 12.7. The van der Waals surface area contributed by atoms with Crippen molar-refractivity contribution in [3.05, 3.63) is 59.9 Å². The van der Waals surface area contributed by atoms with Gasteiger partial charge < -0.3 is 15.8 Å². The fourth-order valence-electron chi connectivity index (χ4n) is 2.77. The predicted octanol–water partition coefficient (Wildman–Crippen LogP) is 2.68. The third-order valence-electron chi connectivity index (χ3n) is 4.44. The van der Waals surface area contributed by atoms with Gasteiger partial charge in [-0.15, -0.1) is 17.5 Å². The number of nitrogens with zero attached hydrogens (tertiary/aromatic N) is 4. The minimum Gasteiger partial charge on any atom is -0.494 e. The van der Waals surface area contributed by atoms with Crippen molar-refractivity contribution in [3.8, 4) is 11.4 Å². The first-order chi connectivity index (χ1) is 13.0. The number of nitrogens with two attached hydrogens (primary N) is 1. The normalized spacial score (nSPS) is 12.6. The highest BCUT2D eigenvalue weighted by molar-refractivity contribution is 5.93. The molecule has 0 saturated heterocycles. The molecule has 2 atom stereocenters. The molecule has 28 heavy (non-hydrogen) atoms. The third kappa shape index (κ3) is 4.47. The van der Waals surface area contributed by atoms with E-state index in [4.69, 9.17) is 10.5 Å². The predicted molar refractivity (Wildman–Crippen MR) is 109 cm³/mol. The summed E-state index contributed by atoms with van der Waals surface area (Å²) in [5.41, 5.74) is 8.42. The Hall–Kier alpha value is -2.97. The molecule has 0 aliphatic heterocycles. The number of rotatable bonds is 6. The molecule has 0 radical (unpaired) electrons. The Morgan fingerprint density at radius 3 is 2.54 bits per heavy atom. The Morgan fingerprint density at radius 2 is 1.93 bits per heavy atom. The third-order valence-corrected chi connectivity index (χ3v) is 4.44. The van der Waals surface area contributed by atoms with E-state index in [1.807, 2.05) is 37.3 Å². The quantitative estimate of drug-likeness (QED) is 0.656. The summed E-state index contributed by atoms with van der Waals surface area (Å²) in [7, 11) is 1.57. The van der Waals surface area contributed by atoms with Crippen molar-refractivity contribution in [2.75, 3.05) is 12.4 Å². The maximum absolute atomic E-state index is 12.7. The van der Waals surface area contributed by atoms with Crippen molar-refractivity contribution in [1.82, 2.24) is 20.2 Å². The molecule has 1 aromatic heterocycles. The van der Waals surface area contributed by atoms with Gasteiger partial charge in [0.2, 0.25) is 5.91 Å². The highest BCUT2D eigenvalue weighted by Gasteiger charge is 2.22. The lowest BCUT2D eigenvalue weighted by Crippen LogP contribution is -2.30. The maximum atomic E-state index is 12.7. The van der Waals surface area contributed by atoms with E-state index in [2.05, 4.69) is 20.8 Å². The van der Waals surface area contributed by atoms with E-state index in [-0.39, 0.29) is 18.3 Å². The zero-order valence-corrected chi connectivity index (χ0v) is 16.7. The standard InChI is InChI=1S/C19H22N6O2.ClH/c1-12(18(20)14-7-5-4-6-8-14)19(26)21-15-9-10-17(27-3)16(11-15)25-13(2)22-23-24-25;/h4-12,18H,20H2,1-3H3,(H,21,26);1H. The largest absolute Gasteiger partial charge is 0.494 e. The van der Waals surface area contributed by atoms with Gasteiger partial charge in [-0.1, -0.05) is 37.3 Å². The molecule has 3 aromatic rings. The van der Waals surface area contributed by atoms with Crippen molar-refractivity contribution in [2.24, 2.45) is 11.7 Å². The molecule has 2 unspecified atom stereocenters. The van der Waals surface area contributed by atoms with Crippen LogP contribution in [0.1, 0.15) is 24.4 Å². The Kier molecular flexibility index (Phi) is 7.08. The molecule has 0 aliphatic carbocycles. The van der Waals surface area contributed by atoms with Gasteiger partial charge in [0.1, 0.15) is 11.4 Å².